The second-order valence-corrected chi connectivity index (χ2v) is 5.99. The van der Waals surface area contributed by atoms with Crippen molar-refractivity contribution in [3.63, 3.8) is 0 Å². The van der Waals surface area contributed by atoms with Crippen LogP contribution in [0.2, 0.25) is 0 Å². The Kier molecular flexibility index (Phi) is 4.65. The van der Waals surface area contributed by atoms with Crippen LogP contribution >= 0.6 is 0 Å². The molecule has 1 saturated heterocycles. The van der Waals surface area contributed by atoms with Crippen molar-refractivity contribution in [1.29, 1.82) is 0 Å². The van der Waals surface area contributed by atoms with Crippen molar-refractivity contribution in [1.82, 2.24) is 20.1 Å². The molecule has 8 heteroatoms. The highest BCUT2D eigenvalue weighted by molar-refractivity contribution is 5.93. The molecule has 0 aliphatic carbocycles. The van der Waals surface area contributed by atoms with Crippen molar-refractivity contribution in [2.45, 2.75) is 12.8 Å². The lowest BCUT2D eigenvalue weighted by Crippen LogP contribution is -2.23. The summed E-state index contributed by atoms with van der Waals surface area (Å²) in [6.07, 6.45) is 5.89. The summed E-state index contributed by atoms with van der Waals surface area (Å²) < 4.78 is 10.6. The van der Waals surface area contributed by atoms with Gasteiger partial charge in [-0.25, -0.2) is 4.98 Å². The van der Waals surface area contributed by atoms with Crippen LogP contribution in [0.15, 0.2) is 47.4 Å². The van der Waals surface area contributed by atoms with E-state index in [1.165, 1.54) is 0 Å². The van der Waals surface area contributed by atoms with Crippen molar-refractivity contribution in [2.24, 2.45) is 5.92 Å². The second-order valence-electron chi connectivity index (χ2n) is 5.99. The molecule has 26 heavy (non-hydrogen) atoms. The molecule has 1 aliphatic heterocycles. The molecule has 8 nitrogen and oxygen atoms in total. The molecule has 4 rings (SSSR count). The summed E-state index contributed by atoms with van der Waals surface area (Å²) in [5.41, 5.74) is 2.18. The summed E-state index contributed by atoms with van der Waals surface area (Å²) in [5, 5.41) is 6.92. The van der Waals surface area contributed by atoms with E-state index < -0.39 is 0 Å². The van der Waals surface area contributed by atoms with E-state index in [0.29, 0.717) is 37.0 Å². The number of anilines is 1. The summed E-state index contributed by atoms with van der Waals surface area (Å²) in [5.74, 6) is 0.699. The van der Waals surface area contributed by atoms with Crippen LogP contribution in [0, 0.1) is 5.92 Å². The Bertz CT molecular complexity index is 891. The van der Waals surface area contributed by atoms with Crippen LogP contribution in [0.3, 0.4) is 0 Å². The normalized spacial score (nSPS) is 16.5. The third kappa shape index (κ3) is 3.60. The number of hydrogen-bond donors (Lipinski definition) is 1. The molecule has 1 fully saturated rings. The fourth-order valence-corrected chi connectivity index (χ4v) is 2.78. The Hall–Kier alpha value is -3.13. The quantitative estimate of drug-likeness (QED) is 0.750. The van der Waals surface area contributed by atoms with Crippen LogP contribution in [0.1, 0.15) is 17.9 Å². The summed E-state index contributed by atoms with van der Waals surface area (Å²) in [6.45, 7) is 1.10. The fraction of sp³-hybridized carbons (Fsp3) is 0.278. The van der Waals surface area contributed by atoms with E-state index in [1.54, 1.807) is 18.6 Å². The number of aromatic nitrogens is 4. The van der Waals surface area contributed by atoms with Crippen LogP contribution in [-0.2, 0) is 16.0 Å². The summed E-state index contributed by atoms with van der Waals surface area (Å²) in [6, 6.07) is 7.57. The predicted octanol–water partition coefficient (Wildman–Crippen LogP) is 2.09. The maximum absolute atomic E-state index is 12.4. The summed E-state index contributed by atoms with van der Waals surface area (Å²) >= 11 is 0. The first kappa shape index (κ1) is 16.3. The van der Waals surface area contributed by atoms with Gasteiger partial charge >= 0.3 is 0 Å². The number of carbonyl (C=O) groups excluding carboxylic acids is 1. The van der Waals surface area contributed by atoms with Crippen LogP contribution in [0.5, 0.6) is 0 Å². The molecule has 0 spiro atoms. The molecule has 0 unspecified atom stereocenters. The first-order valence-corrected chi connectivity index (χ1v) is 8.35. The SMILES string of the molecule is O=C(Nc1ccccc1Cc1nc(-c2cnccn2)no1)[C@H]1CCOC1. The van der Waals surface area contributed by atoms with E-state index in [-0.39, 0.29) is 11.8 Å². The number of benzene rings is 1. The van der Waals surface area contributed by atoms with Gasteiger partial charge in [-0.3, -0.25) is 9.78 Å². The average molecular weight is 351 g/mol. The first-order chi connectivity index (χ1) is 12.8. The van der Waals surface area contributed by atoms with Crippen molar-refractivity contribution in [3.05, 3.63) is 54.3 Å². The number of ether oxygens (including phenoxy) is 1. The molecular weight excluding hydrogens is 334 g/mol. The van der Waals surface area contributed by atoms with Crippen LogP contribution in [0.4, 0.5) is 5.69 Å². The van der Waals surface area contributed by atoms with Crippen molar-refractivity contribution < 1.29 is 14.1 Å². The highest BCUT2D eigenvalue weighted by Crippen LogP contribution is 2.22. The number of nitrogens with one attached hydrogen (secondary N) is 1. The van der Waals surface area contributed by atoms with Gasteiger partial charge < -0.3 is 14.6 Å². The second kappa shape index (κ2) is 7.40. The Morgan fingerprint density at radius 3 is 3.00 bits per heavy atom. The molecule has 0 radical (unpaired) electrons. The highest BCUT2D eigenvalue weighted by atomic mass is 16.5. The Morgan fingerprint density at radius 2 is 2.19 bits per heavy atom. The lowest BCUT2D eigenvalue weighted by Gasteiger charge is -2.12. The summed E-state index contributed by atoms with van der Waals surface area (Å²) in [7, 11) is 0. The standard InChI is InChI=1S/C18H17N5O3/c24-18(13-5-8-25-11-13)21-14-4-2-1-3-12(14)9-16-22-17(23-26-16)15-10-19-6-7-20-15/h1-4,6-7,10,13H,5,8-9,11H2,(H,21,24)/t13-/m0/s1. The fourth-order valence-electron chi connectivity index (χ4n) is 2.78. The van der Waals surface area contributed by atoms with Gasteiger partial charge in [-0.05, 0) is 18.1 Å². The van der Waals surface area contributed by atoms with Gasteiger partial charge in [0.1, 0.15) is 5.69 Å². The zero-order valence-electron chi connectivity index (χ0n) is 14.0. The minimum Gasteiger partial charge on any atom is -0.381 e. The molecule has 2 aromatic heterocycles. The lowest BCUT2D eigenvalue weighted by molar-refractivity contribution is -0.119. The number of hydrogen-bond acceptors (Lipinski definition) is 7. The Morgan fingerprint density at radius 1 is 1.27 bits per heavy atom. The molecule has 132 valence electrons. The third-order valence-electron chi connectivity index (χ3n) is 4.18. The molecule has 0 saturated carbocycles. The van der Waals surface area contributed by atoms with E-state index in [9.17, 15) is 4.79 Å². The van der Waals surface area contributed by atoms with Crippen molar-refractivity contribution in [2.75, 3.05) is 18.5 Å². The van der Waals surface area contributed by atoms with Gasteiger partial charge in [0.2, 0.25) is 17.6 Å². The average Bonchev–Trinajstić information content (AvgIpc) is 3.36. The smallest absolute Gasteiger partial charge is 0.231 e. The topological polar surface area (TPSA) is 103 Å². The van der Waals surface area contributed by atoms with Gasteiger partial charge in [0.15, 0.2) is 0 Å². The number of nitrogens with zero attached hydrogens (tertiary/aromatic N) is 4. The molecule has 3 heterocycles. The largest absolute Gasteiger partial charge is 0.381 e. The maximum Gasteiger partial charge on any atom is 0.231 e. The van der Waals surface area contributed by atoms with Gasteiger partial charge in [-0.1, -0.05) is 23.4 Å². The Balaban J connectivity index is 1.50. The molecule has 3 aromatic rings. The minimum absolute atomic E-state index is 0.0271. The van der Waals surface area contributed by atoms with Crippen molar-refractivity contribution >= 4 is 11.6 Å². The van der Waals surface area contributed by atoms with Crippen molar-refractivity contribution in [3.8, 4) is 11.5 Å². The summed E-state index contributed by atoms with van der Waals surface area (Å²) in [4.78, 5) is 24.9. The molecule has 1 aromatic carbocycles. The van der Waals surface area contributed by atoms with Crippen LogP contribution in [-0.4, -0.2) is 39.2 Å². The molecule has 1 aliphatic rings. The van der Waals surface area contributed by atoms with Gasteiger partial charge in [0, 0.05) is 24.7 Å². The lowest BCUT2D eigenvalue weighted by atomic mass is 10.1. The zero-order valence-corrected chi connectivity index (χ0v) is 14.0. The molecule has 0 bridgehead atoms. The van der Waals surface area contributed by atoms with Gasteiger partial charge in [0.05, 0.1) is 25.1 Å². The number of amides is 1. The van der Waals surface area contributed by atoms with E-state index >= 15 is 0 Å². The molecule has 1 N–H and O–H groups in total. The first-order valence-electron chi connectivity index (χ1n) is 8.35. The highest BCUT2D eigenvalue weighted by Gasteiger charge is 2.24. The molecule has 1 atom stereocenters. The van der Waals surface area contributed by atoms with Crippen LogP contribution < -0.4 is 5.32 Å². The molecular formula is C18H17N5O3. The van der Waals surface area contributed by atoms with Gasteiger partial charge in [-0.15, -0.1) is 0 Å². The third-order valence-corrected chi connectivity index (χ3v) is 4.18. The minimum atomic E-state index is -0.102. The maximum atomic E-state index is 12.4. The monoisotopic (exact) mass is 351 g/mol. The van der Waals surface area contributed by atoms with Gasteiger partial charge in [-0.2, -0.15) is 4.98 Å². The van der Waals surface area contributed by atoms with Crippen LogP contribution in [0.25, 0.3) is 11.5 Å². The number of rotatable bonds is 5. The predicted molar refractivity (Wildman–Crippen MR) is 92.1 cm³/mol. The Labute approximate surface area is 149 Å². The van der Waals surface area contributed by atoms with E-state index in [4.69, 9.17) is 9.26 Å². The number of carbonyl (C=O) groups is 1. The van der Waals surface area contributed by atoms with E-state index in [2.05, 4.69) is 25.4 Å². The van der Waals surface area contributed by atoms with E-state index in [0.717, 1.165) is 17.7 Å². The van der Waals surface area contributed by atoms with Gasteiger partial charge in [0.25, 0.3) is 0 Å². The van der Waals surface area contributed by atoms with E-state index in [1.807, 2.05) is 24.3 Å². The zero-order chi connectivity index (χ0) is 17.8. The molecule has 1 amide bonds. The number of para-hydroxylation sites is 1.